The highest BCUT2D eigenvalue weighted by atomic mass is 127. The number of ether oxygens (including phenoxy) is 2. The van der Waals surface area contributed by atoms with E-state index < -0.39 is 0 Å². The zero-order valence-electron chi connectivity index (χ0n) is 18.1. The van der Waals surface area contributed by atoms with Crippen LogP contribution in [0.1, 0.15) is 31.9 Å². The van der Waals surface area contributed by atoms with Crippen LogP contribution < -0.4 is 10.6 Å². The van der Waals surface area contributed by atoms with Crippen LogP contribution in [0.2, 0.25) is 0 Å². The summed E-state index contributed by atoms with van der Waals surface area (Å²) in [5, 5.41) is 11.5. The molecule has 10 heteroatoms. The summed E-state index contributed by atoms with van der Waals surface area (Å²) < 4.78 is 13.0. The summed E-state index contributed by atoms with van der Waals surface area (Å²) >= 11 is 0. The number of nitrogens with one attached hydrogen (secondary N) is 2. The normalized spacial score (nSPS) is 22.9. The van der Waals surface area contributed by atoms with Gasteiger partial charge in [-0.25, -0.2) is 9.67 Å². The van der Waals surface area contributed by atoms with Crippen molar-refractivity contribution < 1.29 is 9.47 Å². The summed E-state index contributed by atoms with van der Waals surface area (Å²) in [5.41, 5.74) is 0. The van der Waals surface area contributed by atoms with Crippen molar-refractivity contribution in [3.8, 4) is 0 Å². The molecule has 1 aromatic rings. The minimum Gasteiger partial charge on any atom is -0.377 e. The highest BCUT2D eigenvalue weighted by Gasteiger charge is 2.24. The second-order valence-corrected chi connectivity index (χ2v) is 8.04. The first kappa shape index (κ1) is 24.3. The Morgan fingerprint density at radius 3 is 2.93 bits per heavy atom. The predicted molar refractivity (Wildman–Crippen MR) is 124 cm³/mol. The first-order valence-electron chi connectivity index (χ1n) is 10.3. The first-order chi connectivity index (χ1) is 13.6. The summed E-state index contributed by atoms with van der Waals surface area (Å²) in [7, 11) is 3.47. The third-order valence-electron chi connectivity index (χ3n) is 5.08. The van der Waals surface area contributed by atoms with Crippen LogP contribution in [-0.4, -0.2) is 84.7 Å². The van der Waals surface area contributed by atoms with Crippen molar-refractivity contribution >= 4 is 29.9 Å². The van der Waals surface area contributed by atoms with Crippen LogP contribution in [0.15, 0.2) is 4.99 Å². The number of morpholine rings is 1. The van der Waals surface area contributed by atoms with Gasteiger partial charge in [0.25, 0.3) is 0 Å². The van der Waals surface area contributed by atoms with Crippen LogP contribution in [0.5, 0.6) is 0 Å². The molecule has 3 heterocycles. The van der Waals surface area contributed by atoms with Crippen LogP contribution in [0.25, 0.3) is 0 Å². The number of rotatable bonds is 7. The third kappa shape index (κ3) is 7.34. The summed E-state index contributed by atoms with van der Waals surface area (Å²) in [5.74, 6) is 3.28. The lowest BCUT2D eigenvalue weighted by Gasteiger charge is -2.34. The fourth-order valence-electron chi connectivity index (χ4n) is 3.85. The van der Waals surface area contributed by atoms with Crippen LogP contribution in [0.4, 0.5) is 0 Å². The van der Waals surface area contributed by atoms with E-state index in [4.69, 9.17) is 9.47 Å². The minimum atomic E-state index is 0. The molecule has 2 aliphatic heterocycles. The molecule has 2 N–H and O–H groups in total. The van der Waals surface area contributed by atoms with Gasteiger partial charge in [0.1, 0.15) is 12.4 Å². The van der Waals surface area contributed by atoms with Gasteiger partial charge < -0.3 is 20.1 Å². The van der Waals surface area contributed by atoms with Crippen molar-refractivity contribution in [1.82, 2.24) is 30.3 Å². The molecule has 166 valence electrons. The van der Waals surface area contributed by atoms with Gasteiger partial charge in [0.05, 0.1) is 19.3 Å². The van der Waals surface area contributed by atoms with Crippen molar-refractivity contribution in [1.29, 1.82) is 0 Å². The second-order valence-electron chi connectivity index (χ2n) is 8.04. The third-order valence-corrected chi connectivity index (χ3v) is 5.08. The smallest absolute Gasteiger partial charge is 0.191 e. The number of fused-ring (bicyclic) bond motifs is 1. The van der Waals surface area contributed by atoms with Crippen molar-refractivity contribution in [2.45, 2.75) is 52.0 Å². The summed E-state index contributed by atoms with van der Waals surface area (Å²) in [6.45, 7) is 10.4. The zero-order valence-corrected chi connectivity index (χ0v) is 20.4. The number of halogens is 1. The van der Waals surface area contributed by atoms with E-state index in [2.05, 4.69) is 44.5 Å². The van der Waals surface area contributed by atoms with Crippen molar-refractivity contribution in [2.24, 2.45) is 10.9 Å². The van der Waals surface area contributed by atoms with Crippen molar-refractivity contribution in [3.05, 3.63) is 11.6 Å². The van der Waals surface area contributed by atoms with Gasteiger partial charge in [0, 0.05) is 52.8 Å². The summed E-state index contributed by atoms with van der Waals surface area (Å²) in [6, 6.07) is 0.278. The van der Waals surface area contributed by atoms with E-state index in [1.165, 1.54) is 0 Å². The molecule has 0 aliphatic carbocycles. The van der Waals surface area contributed by atoms with Crippen LogP contribution in [0.3, 0.4) is 0 Å². The van der Waals surface area contributed by atoms with E-state index >= 15 is 0 Å². The zero-order chi connectivity index (χ0) is 19.9. The molecule has 1 saturated heterocycles. The van der Waals surface area contributed by atoms with E-state index in [9.17, 15) is 0 Å². The average molecular weight is 521 g/mol. The fraction of sp³-hybridized carbons (Fsp3) is 0.842. The lowest BCUT2D eigenvalue weighted by molar-refractivity contribution is -0.0284. The van der Waals surface area contributed by atoms with Gasteiger partial charge >= 0.3 is 0 Å². The lowest BCUT2D eigenvalue weighted by atomic mass is 10.1. The number of aryl methyl sites for hydroxylation is 1. The van der Waals surface area contributed by atoms with E-state index in [1.54, 1.807) is 7.11 Å². The Balaban J connectivity index is 0.00000300. The number of nitrogens with zero attached hydrogens (tertiary/aromatic N) is 5. The molecular formula is C19H36IN7O2. The highest BCUT2D eigenvalue weighted by molar-refractivity contribution is 14.0. The van der Waals surface area contributed by atoms with Gasteiger partial charge in [0.2, 0.25) is 0 Å². The molecule has 0 bridgehead atoms. The molecular weight excluding hydrogens is 485 g/mol. The first-order valence-corrected chi connectivity index (χ1v) is 10.3. The van der Waals surface area contributed by atoms with Crippen LogP contribution >= 0.6 is 24.0 Å². The Hall–Kier alpha value is -0.980. The molecule has 0 aromatic carbocycles. The Morgan fingerprint density at radius 2 is 2.21 bits per heavy atom. The van der Waals surface area contributed by atoms with Gasteiger partial charge in [-0.2, -0.15) is 5.10 Å². The van der Waals surface area contributed by atoms with E-state index in [1.807, 2.05) is 11.7 Å². The molecule has 9 nitrogen and oxygen atoms in total. The molecule has 0 saturated carbocycles. The number of hydrogen-bond acceptors (Lipinski definition) is 6. The average Bonchev–Trinajstić information content (AvgIpc) is 3.07. The van der Waals surface area contributed by atoms with E-state index in [-0.39, 0.29) is 36.1 Å². The van der Waals surface area contributed by atoms with Crippen LogP contribution in [0, 0.1) is 5.92 Å². The Bertz CT molecular complexity index is 653. The largest absolute Gasteiger partial charge is 0.377 e. The standard InChI is InChI=1S/C19H35N7O2.HI/c1-14(2)10-25-7-8-28-16(12-25)9-21-19(20-3)22-15-5-6-18-23-17(13-27-4)24-26(18)11-15;/h14-16H,5-13H2,1-4H3,(H2,20,21,22);1H. The van der Waals surface area contributed by atoms with E-state index in [0.717, 1.165) is 69.8 Å². The summed E-state index contributed by atoms with van der Waals surface area (Å²) in [6.07, 6.45) is 2.10. The minimum absolute atomic E-state index is 0. The maximum atomic E-state index is 5.93. The quantitative estimate of drug-likeness (QED) is 0.313. The van der Waals surface area contributed by atoms with Gasteiger partial charge in [-0.1, -0.05) is 13.8 Å². The Labute approximate surface area is 191 Å². The molecule has 0 radical (unpaired) electrons. The number of aromatic nitrogens is 3. The fourth-order valence-corrected chi connectivity index (χ4v) is 3.85. The van der Waals surface area contributed by atoms with Gasteiger partial charge in [-0.05, 0) is 12.3 Å². The Kier molecular flexibility index (Phi) is 10.1. The maximum absolute atomic E-state index is 5.93. The highest BCUT2D eigenvalue weighted by Crippen LogP contribution is 2.13. The molecule has 2 aliphatic rings. The van der Waals surface area contributed by atoms with Gasteiger partial charge in [0.15, 0.2) is 11.8 Å². The molecule has 0 spiro atoms. The van der Waals surface area contributed by atoms with Crippen molar-refractivity contribution in [2.75, 3.05) is 46.9 Å². The number of guanidine groups is 1. The predicted octanol–water partition coefficient (Wildman–Crippen LogP) is 0.879. The number of aliphatic imine (C=N–C) groups is 1. The van der Waals surface area contributed by atoms with Gasteiger partial charge in [-0.3, -0.25) is 9.89 Å². The number of methoxy groups -OCH3 is 1. The topological polar surface area (TPSA) is 88.8 Å². The molecule has 0 amide bonds. The molecule has 1 aromatic heterocycles. The SMILES string of the molecule is CN=C(NCC1CN(CC(C)C)CCO1)NC1CCc2nc(COC)nn2C1.I. The molecule has 3 rings (SSSR count). The Morgan fingerprint density at radius 1 is 1.38 bits per heavy atom. The molecule has 29 heavy (non-hydrogen) atoms. The molecule has 1 fully saturated rings. The van der Waals surface area contributed by atoms with Gasteiger partial charge in [-0.15, -0.1) is 24.0 Å². The summed E-state index contributed by atoms with van der Waals surface area (Å²) in [4.78, 5) is 11.4. The van der Waals surface area contributed by atoms with Crippen LogP contribution in [-0.2, 0) is 29.0 Å². The molecule has 2 unspecified atom stereocenters. The van der Waals surface area contributed by atoms with E-state index in [0.29, 0.717) is 12.5 Å². The maximum Gasteiger partial charge on any atom is 0.191 e. The van der Waals surface area contributed by atoms with Crippen molar-refractivity contribution in [3.63, 3.8) is 0 Å². The molecule has 2 atom stereocenters. The second kappa shape index (κ2) is 12.0. The lowest BCUT2D eigenvalue weighted by Crippen LogP contribution is -2.52. The number of hydrogen-bond donors (Lipinski definition) is 2. The monoisotopic (exact) mass is 521 g/mol.